The Morgan fingerprint density at radius 3 is 2.56 bits per heavy atom. The zero-order valence-corrected chi connectivity index (χ0v) is 15.6. The number of benzene rings is 1. The molecule has 1 N–H and O–H groups in total. The molecule has 1 aliphatic carbocycles. The number of carbonyl (C=O) groups is 2. The van der Waals surface area contributed by atoms with Crippen molar-refractivity contribution in [3.8, 4) is 0 Å². The molecule has 2 fully saturated rings. The van der Waals surface area contributed by atoms with Crippen LogP contribution in [-0.2, 0) is 9.59 Å². The molecular formula is C21H30N2O2. The van der Waals surface area contributed by atoms with Gasteiger partial charge in [0.05, 0.1) is 12.0 Å². The normalized spacial score (nSPS) is 24.7. The molecule has 0 unspecified atom stereocenters. The van der Waals surface area contributed by atoms with Gasteiger partial charge in [-0.05, 0) is 51.5 Å². The molecule has 1 saturated heterocycles. The Balaban J connectivity index is 1.77. The smallest absolute Gasteiger partial charge is 0.226 e. The van der Waals surface area contributed by atoms with Crippen LogP contribution in [0.2, 0.25) is 0 Å². The second kappa shape index (κ2) is 7.59. The highest BCUT2D eigenvalue weighted by Crippen LogP contribution is 2.39. The fourth-order valence-electron chi connectivity index (χ4n) is 3.68. The number of amides is 2. The monoisotopic (exact) mass is 342 g/mol. The van der Waals surface area contributed by atoms with Crippen LogP contribution in [0.15, 0.2) is 24.3 Å². The number of rotatable bonds is 5. The molecule has 1 aliphatic heterocycles. The molecule has 0 radical (unpaired) electrons. The van der Waals surface area contributed by atoms with Crippen LogP contribution in [0, 0.1) is 18.8 Å². The van der Waals surface area contributed by atoms with Gasteiger partial charge in [0.2, 0.25) is 11.8 Å². The summed E-state index contributed by atoms with van der Waals surface area (Å²) in [6.45, 7) is 6.74. The van der Waals surface area contributed by atoms with Gasteiger partial charge in [0.25, 0.3) is 0 Å². The lowest BCUT2D eigenvalue weighted by molar-refractivity contribution is -0.140. The molecule has 1 aromatic rings. The Morgan fingerprint density at radius 2 is 1.92 bits per heavy atom. The summed E-state index contributed by atoms with van der Waals surface area (Å²) in [5, 5.41) is 3.09. The largest absolute Gasteiger partial charge is 0.353 e. The molecule has 4 heteroatoms. The van der Waals surface area contributed by atoms with Crippen molar-refractivity contribution in [1.82, 2.24) is 10.2 Å². The maximum atomic E-state index is 12.9. The van der Waals surface area contributed by atoms with Crippen LogP contribution in [0.4, 0.5) is 0 Å². The first-order chi connectivity index (χ1) is 12.0. The molecule has 0 spiro atoms. The summed E-state index contributed by atoms with van der Waals surface area (Å²) in [5.74, 6) is 0.444. The molecule has 3 atom stereocenters. The van der Waals surface area contributed by atoms with Gasteiger partial charge in [0.15, 0.2) is 0 Å². The van der Waals surface area contributed by atoms with E-state index in [-0.39, 0.29) is 35.7 Å². The fraction of sp³-hybridized carbons (Fsp3) is 0.619. The first kappa shape index (κ1) is 18.0. The Hall–Kier alpha value is -1.84. The molecule has 1 aromatic carbocycles. The average Bonchev–Trinajstić information content (AvgIpc) is 3.45. The van der Waals surface area contributed by atoms with Crippen molar-refractivity contribution in [2.45, 2.75) is 65.0 Å². The zero-order valence-electron chi connectivity index (χ0n) is 15.6. The molecule has 2 amide bonds. The van der Waals surface area contributed by atoms with Crippen LogP contribution in [0.3, 0.4) is 0 Å². The van der Waals surface area contributed by atoms with Crippen molar-refractivity contribution < 1.29 is 9.59 Å². The number of likely N-dealkylation sites (tertiary alicyclic amines) is 1. The van der Waals surface area contributed by atoms with Crippen molar-refractivity contribution >= 4 is 11.8 Å². The molecular weight excluding hydrogens is 312 g/mol. The highest BCUT2D eigenvalue weighted by Gasteiger charge is 2.41. The van der Waals surface area contributed by atoms with Gasteiger partial charge >= 0.3 is 0 Å². The molecule has 1 heterocycles. The molecule has 0 aromatic heterocycles. The third-order valence-electron chi connectivity index (χ3n) is 5.59. The molecule has 1 saturated carbocycles. The second-order valence-corrected chi connectivity index (χ2v) is 7.79. The second-order valence-electron chi connectivity index (χ2n) is 7.79. The topological polar surface area (TPSA) is 49.4 Å². The summed E-state index contributed by atoms with van der Waals surface area (Å²) in [6.07, 6.45) is 4.63. The number of carbonyl (C=O) groups excluding carboxylic acids is 2. The third-order valence-corrected chi connectivity index (χ3v) is 5.59. The molecule has 4 nitrogen and oxygen atoms in total. The van der Waals surface area contributed by atoms with Crippen LogP contribution >= 0.6 is 0 Å². The van der Waals surface area contributed by atoms with Crippen molar-refractivity contribution in [2.24, 2.45) is 11.8 Å². The minimum atomic E-state index is -0.0854. The SMILES string of the molecule is CC[C@H](C)NC(=O)[C@H]1CC[C@H](c2cccc(C)c2)N(C(=O)C2CC2)C1. The van der Waals surface area contributed by atoms with Crippen molar-refractivity contribution in [2.75, 3.05) is 6.54 Å². The number of nitrogens with one attached hydrogen (secondary N) is 1. The van der Waals surface area contributed by atoms with Crippen molar-refractivity contribution in [3.63, 3.8) is 0 Å². The van der Waals surface area contributed by atoms with Crippen LogP contribution in [0.1, 0.15) is 63.1 Å². The van der Waals surface area contributed by atoms with Gasteiger partial charge in [0, 0.05) is 18.5 Å². The van der Waals surface area contributed by atoms with Gasteiger partial charge in [-0.15, -0.1) is 0 Å². The summed E-state index contributed by atoms with van der Waals surface area (Å²) >= 11 is 0. The van der Waals surface area contributed by atoms with E-state index < -0.39 is 0 Å². The quantitative estimate of drug-likeness (QED) is 0.889. The minimum absolute atomic E-state index is 0.0854. The standard InChI is InChI=1S/C21H30N2O2/c1-4-15(3)22-20(24)18-10-11-19(17-7-5-6-14(2)12-17)23(13-18)21(25)16-8-9-16/h5-7,12,15-16,18-19H,4,8-11,13H2,1-3H3,(H,22,24)/t15-,18-,19+/m0/s1. The molecule has 2 aliphatic rings. The van der Waals surface area contributed by atoms with E-state index >= 15 is 0 Å². The van der Waals surface area contributed by atoms with E-state index in [0.717, 1.165) is 32.1 Å². The summed E-state index contributed by atoms with van der Waals surface area (Å²) in [5.41, 5.74) is 2.42. The van der Waals surface area contributed by atoms with Crippen LogP contribution in [0.25, 0.3) is 0 Å². The zero-order chi connectivity index (χ0) is 18.0. The lowest BCUT2D eigenvalue weighted by Crippen LogP contribution is -2.48. The predicted octanol–water partition coefficient (Wildman–Crippen LogP) is 3.60. The van der Waals surface area contributed by atoms with Gasteiger partial charge in [-0.3, -0.25) is 9.59 Å². The van der Waals surface area contributed by atoms with Crippen LogP contribution in [0.5, 0.6) is 0 Å². The number of nitrogens with zero attached hydrogens (tertiary/aromatic N) is 1. The lowest BCUT2D eigenvalue weighted by atomic mass is 9.87. The fourth-order valence-corrected chi connectivity index (χ4v) is 3.68. The van der Waals surface area contributed by atoms with Crippen LogP contribution < -0.4 is 5.32 Å². The summed E-state index contributed by atoms with van der Waals surface area (Å²) in [6, 6.07) is 8.74. The summed E-state index contributed by atoms with van der Waals surface area (Å²) < 4.78 is 0. The minimum Gasteiger partial charge on any atom is -0.353 e. The maximum Gasteiger partial charge on any atom is 0.226 e. The molecule has 136 valence electrons. The average molecular weight is 342 g/mol. The van der Waals surface area contributed by atoms with E-state index in [9.17, 15) is 9.59 Å². The first-order valence-electron chi connectivity index (χ1n) is 9.67. The maximum absolute atomic E-state index is 12.9. The number of piperidine rings is 1. The van der Waals surface area contributed by atoms with Gasteiger partial charge in [-0.1, -0.05) is 36.8 Å². The van der Waals surface area contributed by atoms with E-state index in [1.807, 2.05) is 11.8 Å². The van der Waals surface area contributed by atoms with E-state index in [1.54, 1.807) is 0 Å². The van der Waals surface area contributed by atoms with E-state index in [4.69, 9.17) is 0 Å². The molecule has 25 heavy (non-hydrogen) atoms. The number of hydrogen-bond acceptors (Lipinski definition) is 2. The Labute approximate surface area is 151 Å². The van der Waals surface area contributed by atoms with E-state index in [2.05, 4.69) is 43.4 Å². The first-order valence-corrected chi connectivity index (χ1v) is 9.67. The van der Waals surface area contributed by atoms with Gasteiger partial charge in [-0.2, -0.15) is 0 Å². The number of hydrogen-bond donors (Lipinski definition) is 1. The highest BCUT2D eigenvalue weighted by atomic mass is 16.2. The van der Waals surface area contributed by atoms with E-state index in [1.165, 1.54) is 11.1 Å². The van der Waals surface area contributed by atoms with Crippen molar-refractivity contribution in [1.29, 1.82) is 0 Å². The summed E-state index contributed by atoms with van der Waals surface area (Å²) in [4.78, 5) is 27.4. The lowest BCUT2D eigenvalue weighted by Gasteiger charge is -2.40. The highest BCUT2D eigenvalue weighted by molar-refractivity contribution is 5.84. The van der Waals surface area contributed by atoms with Gasteiger partial charge < -0.3 is 10.2 Å². The van der Waals surface area contributed by atoms with Crippen LogP contribution in [-0.4, -0.2) is 29.3 Å². The molecule has 0 bridgehead atoms. The Kier molecular flexibility index (Phi) is 5.45. The summed E-state index contributed by atoms with van der Waals surface area (Å²) in [7, 11) is 0. The third kappa shape index (κ3) is 4.23. The Bertz CT molecular complexity index is 639. The van der Waals surface area contributed by atoms with Gasteiger partial charge in [0.1, 0.15) is 0 Å². The van der Waals surface area contributed by atoms with E-state index in [0.29, 0.717) is 6.54 Å². The van der Waals surface area contributed by atoms with Crippen molar-refractivity contribution in [3.05, 3.63) is 35.4 Å². The number of aryl methyl sites for hydroxylation is 1. The van der Waals surface area contributed by atoms with Gasteiger partial charge in [-0.25, -0.2) is 0 Å². The predicted molar refractivity (Wildman–Crippen MR) is 99.0 cm³/mol. The molecule has 3 rings (SSSR count). The Morgan fingerprint density at radius 1 is 1.20 bits per heavy atom.